The largest absolute Gasteiger partial charge is 0.443 e. The van der Waals surface area contributed by atoms with Gasteiger partial charge in [-0.2, -0.15) is 0 Å². The number of piperidine rings is 1. The summed E-state index contributed by atoms with van der Waals surface area (Å²) in [4.78, 5) is 18.5. The van der Waals surface area contributed by atoms with Gasteiger partial charge in [0.05, 0.1) is 6.20 Å². The molecule has 122 valence electrons. The van der Waals surface area contributed by atoms with Gasteiger partial charge < -0.3 is 14.1 Å². The van der Waals surface area contributed by atoms with Gasteiger partial charge in [-0.05, 0) is 24.8 Å². The number of oxazole rings is 1. The summed E-state index contributed by atoms with van der Waals surface area (Å²) in [6.45, 7) is 0.845. The second kappa shape index (κ2) is 7.42. The van der Waals surface area contributed by atoms with Crippen LogP contribution < -0.4 is 0 Å². The van der Waals surface area contributed by atoms with Crippen molar-refractivity contribution in [2.45, 2.75) is 31.7 Å². The van der Waals surface area contributed by atoms with Crippen LogP contribution in [0.2, 0.25) is 0 Å². The van der Waals surface area contributed by atoms with Crippen LogP contribution in [0.5, 0.6) is 0 Å². The molecule has 1 fully saturated rings. The summed E-state index contributed by atoms with van der Waals surface area (Å²) in [6.07, 6.45) is 5.48. The van der Waals surface area contributed by atoms with Crippen LogP contribution in [0.1, 0.15) is 42.5 Å². The molecule has 2 heterocycles. The molecule has 1 amide bonds. The van der Waals surface area contributed by atoms with E-state index in [1.54, 1.807) is 13.3 Å². The van der Waals surface area contributed by atoms with Gasteiger partial charge in [0.1, 0.15) is 18.4 Å². The summed E-state index contributed by atoms with van der Waals surface area (Å²) in [5.74, 6) is 1.47. The number of hydrogen-bond acceptors (Lipinski definition) is 4. The van der Waals surface area contributed by atoms with E-state index in [4.69, 9.17) is 9.15 Å². The number of hydrogen-bond donors (Lipinski definition) is 0. The van der Waals surface area contributed by atoms with Crippen LogP contribution in [0, 0.1) is 0 Å². The molecule has 0 radical (unpaired) electrons. The molecule has 1 saturated heterocycles. The third-order valence-electron chi connectivity index (χ3n) is 4.17. The van der Waals surface area contributed by atoms with Crippen LogP contribution in [0.15, 0.2) is 40.9 Å². The van der Waals surface area contributed by atoms with E-state index in [9.17, 15) is 4.79 Å². The number of methoxy groups -OCH3 is 1. The number of carbonyl (C=O) groups excluding carboxylic acids is 1. The summed E-state index contributed by atoms with van der Waals surface area (Å²) in [7, 11) is 1.54. The lowest BCUT2D eigenvalue weighted by Crippen LogP contribution is -2.40. The van der Waals surface area contributed by atoms with E-state index in [-0.39, 0.29) is 18.6 Å². The minimum Gasteiger partial charge on any atom is -0.443 e. The van der Waals surface area contributed by atoms with Gasteiger partial charge in [0.25, 0.3) is 0 Å². The smallest absolute Gasteiger partial charge is 0.249 e. The molecule has 2 aromatic rings. The van der Waals surface area contributed by atoms with Crippen molar-refractivity contribution >= 4 is 5.91 Å². The molecule has 0 aliphatic carbocycles. The van der Waals surface area contributed by atoms with E-state index in [0.29, 0.717) is 12.3 Å². The van der Waals surface area contributed by atoms with E-state index in [2.05, 4.69) is 17.1 Å². The van der Waals surface area contributed by atoms with Crippen molar-refractivity contribution in [3.8, 4) is 0 Å². The Bertz CT molecular complexity index is 639. The highest BCUT2D eigenvalue weighted by Gasteiger charge is 2.31. The maximum Gasteiger partial charge on any atom is 0.249 e. The van der Waals surface area contributed by atoms with Crippen molar-refractivity contribution in [1.29, 1.82) is 0 Å². The zero-order valence-corrected chi connectivity index (χ0v) is 13.4. The van der Waals surface area contributed by atoms with Gasteiger partial charge in [-0.15, -0.1) is 0 Å². The summed E-state index contributed by atoms with van der Waals surface area (Å²) in [5, 5.41) is 0. The van der Waals surface area contributed by atoms with Crippen molar-refractivity contribution < 1.29 is 13.9 Å². The Labute approximate surface area is 136 Å². The lowest BCUT2D eigenvalue weighted by atomic mass is 10.0. The van der Waals surface area contributed by atoms with Crippen LogP contribution >= 0.6 is 0 Å². The number of amides is 1. The van der Waals surface area contributed by atoms with Gasteiger partial charge in [0.2, 0.25) is 11.8 Å². The van der Waals surface area contributed by atoms with Crippen LogP contribution in [0.25, 0.3) is 0 Å². The van der Waals surface area contributed by atoms with Crippen LogP contribution in [0.3, 0.4) is 0 Å². The summed E-state index contributed by atoms with van der Waals surface area (Å²) < 4.78 is 10.9. The number of likely N-dealkylation sites (tertiary alicyclic amines) is 1. The highest BCUT2D eigenvalue weighted by molar-refractivity contribution is 5.77. The molecule has 1 unspecified atom stereocenters. The summed E-state index contributed by atoms with van der Waals surface area (Å²) >= 11 is 0. The number of rotatable bonds is 5. The van der Waals surface area contributed by atoms with Crippen molar-refractivity contribution in [2.24, 2.45) is 0 Å². The minimum absolute atomic E-state index is 0.00000868. The fraction of sp³-hybridized carbons (Fsp3) is 0.444. The zero-order chi connectivity index (χ0) is 16.1. The average molecular weight is 314 g/mol. The Hall–Kier alpha value is -2.14. The Balaban J connectivity index is 1.73. The number of benzene rings is 1. The molecule has 1 aliphatic heterocycles. The van der Waals surface area contributed by atoms with E-state index >= 15 is 0 Å². The van der Waals surface area contributed by atoms with Gasteiger partial charge >= 0.3 is 0 Å². The standard InChI is InChI=1S/C18H22N2O3/c1-22-13-17(21)20-10-6-5-9-16(20)18-19-12-15(23-18)11-14-7-3-2-4-8-14/h2-4,7-8,12,16H,5-6,9-11,13H2,1H3. The van der Waals surface area contributed by atoms with E-state index < -0.39 is 0 Å². The molecule has 1 aliphatic rings. The van der Waals surface area contributed by atoms with E-state index in [1.807, 2.05) is 23.1 Å². The molecule has 23 heavy (non-hydrogen) atoms. The Morgan fingerprint density at radius 1 is 1.35 bits per heavy atom. The highest BCUT2D eigenvalue weighted by atomic mass is 16.5. The van der Waals surface area contributed by atoms with E-state index in [0.717, 1.165) is 31.6 Å². The molecule has 1 aromatic heterocycles. The molecule has 1 atom stereocenters. The first-order chi connectivity index (χ1) is 11.3. The van der Waals surface area contributed by atoms with Gasteiger partial charge in [-0.3, -0.25) is 4.79 Å². The lowest BCUT2D eigenvalue weighted by molar-refractivity contribution is -0.139. The number of nitrogens with zero attached hydrogens (tertiary/aromatic N) is 2. The third kappa shape index (κ3) is 3.79. The Morgan fingerprint density at radius 2 is 2.17 bits per heavy atom. The first kappa shape index (κ1) is 15.7. The molecule has 1 aromatic carbocycles. The average Bonchev–Trinajstić information content (AvgIpc) is 3.04. The third-order valence-corrected chi connectivity index (χ3v) is 4.17. The molecule has 0 N–H and O–H groups in total. The molecular formula is C18H22N2O3. The first-order valence-electron chi connectivity index (χ1n) is 8.05. The predicted molar refractivity (Wildman–Crippen MR) is 85.9 cm³/mol. The fourth-order valence-corrected chi connectivity index (χ4v) is 3.05. The van der Waals surface area contributed by atoms with Gasteiger partial charge in [0, 0.05) is 20.1 Å². The minimum atomic E-state index is -0.0732. The lowest BCUT2D eigenvalue weighted by Gasteiger charge is -2.33. The second-order valence-electron chi connectivity index (χ2n) is 5.86. The molecule has 5 heteroatoms. The summed E-state index contributed by atoms with van der Waals surface area (Å²) in [6, 6.07) is 10.1. The van der Waals surface area contributed by atoms with Crippen LogP contribution in [-0.2, 0) is 16.0 Å². The quantitative estimate of drug-likeness (QED) is 0.851. The molecule has 3 rings (SSSR count). The van der Waals surface area contributed by atoms with Crippen molar-refractivity contribution in [3.05, 3.63) is 53.7 Å². The maximum atomic E-state index is 12.2. The molecular weight excluding hydrogens is 292 g/mol. The van der Waals surface area contributed by atoms with Crippen molar-refractivity contribution in [1.82, 2.24) is 9.88 Å². The van der Waals surface area contributed by atoms with Gasteiger partial charge in [-0.25, -0.2) is 4.98 Å². The predicted octanol–water partition coefficient (Wildman–Crippen LogP) is 2.97. The van der Waals surface area contributed by atoms with E-state index in [1.165, 1.54) is 5.56 Å². The SMILES string of the molecule is COCC(=O)N1CCCCC1c1ncc(Cc2ccccc2)o1. The number of aromatic nitrogens is 1. The number of ether oxygens (including phenoxy) is 1. The van der Waals surface area contributed by atoms with Crippen LogP contribution in [-0.4, -0.2) is 36.1 Å². The topological polar surface area (TPSA) is 55.6 Å². The van der Waals surface area contributed by atoms with Crippen molar-refractivity contribution in [3.63, 3.8) is 0 Å². The Morgan fingerprint density at radius 3 is 2.96 bits per heavy atom. The number of carbonyl (C=O) groups is 1. The zero-order valence-electron chi connectivity index (χ0n) is 13.4. The monoisotopic (exact) mass is 314 g/mol. The molecule has 0 bridgehead atoms. The molecule has 5 nitrogen and oxygen atoms in total. The van der Waals surface area contributed by atoms with Crippen molar-refractivity contribution in [2.75, 3.05) is 20.3 Å². The maximum absolute atomic E-state index is 12.2. The van der Waals surface area contributed by atoms with Gasteiger partial charge in [0.15, 0.2) is 0 Å². The van der Waals surface area contributed by atoms with Gasteiger partial charge in [-0.1, -0.05) is 30.3 Å². The fourth-order valence-electron chi connectivity index (χ4n) is 3.05. The normalized spacial score (nSPS) is 18.1. The summed E-state index contributed by atoms with van der Waals surface area (Å²) in [5.41, 5.74) is 1.19. The molecule has 0 spiro atoms. The van der Waals surface area contributed by atoms with Crippen LogP contribution in [0.4, 0.5) is 0 Å². The first-order valence-corrected chi connectivity index (χ1v) is 8.05. The Kier molecular flexibility index (Phi) is 5.08. The highest BCUT2D eigenvalue weighted by Crippen LogP contribution is 2.31. The second-order valence-corrected chi connectivity index (χ2v) is 5.86. The molecule has 0 saturated carbocycles.